The van der Waals surface area contributed by atoms with Crippen molar-refractivity contribution >= 4 is 11.6 Å². The van der Waals surface area contributed by atoms with Crippen molar-refractivity contribution in [2.75, 3.05) is 33.0 Å². The Balaban J connectivity index is 0.000000453. The van der Waals surface area contributed by atoms with E-state index >= 15 is 0 Å². The minimum absolute atomic E-state index is 0.213. The van der Waals surface area contributed by atoms with E-state index < -0.39 is 0 Å². The summed E-state index contributed by atoms with van der Waals surface area (Å²) in [6.45, 7) is 15.9. The van der Waals surface area contributed by atoms with Gasteiger partial charge in [0.2, 0.25) is 0 Å². The Morgan fingerprint density at radius 3 is 2.10 bits per heavy atom. The SMILES string of the molecule is CCCC(=O)CCC(C)C(C)=C1CCC1.CCCCOCCOCCOc1cccc(C(=O)CCCC)c1CC. The molecule has 0 amide bonds. The van der Waals surface area contributed by atoms with Crippen molar-refractivity contribution in [2.45, 2.75) is 125 Å². The van der Waals surface area contributed by atoms with Gasteiger partial charge in [-0.15, -0.1) is 0 Å². The maximum atomic E-state index is 12.4. The van der Waals surface area contributed by atoms with Gasteiger partial charge in [-0.1, -0.05) is 70.7 Å². The highest BCUT2D eigenvalue weighted by Gasteiger charge is 2.16. The van der Waals surface area contributed by atoms with Gasteiger partial charge in [0.05, 0.1) is 19.8 Å². The largest absolute Gasteiger partial charge is 0.491 e. The third-order valence-corrected chi connectivity index (χ3v) is 7.68. The van der Waals surface area contributed by atoms with Gasteiger partial charge in [0, 0.05) is 37.0 Å². The number of ether oxygens (including phenoxy) is 3. The molecule has 40 heavy (non-hydrogen) atoms. The lowest BCUT2D eigenvalue weighted by molar-refractivity contribution is -0.119. The normalized spacial score (nSPS) is 13.2. The Bertz CT molecular complexity index is 867. The van der Waals surface area contributed by atoms with Crippen LogP contribution < -0.4 is 4.74 Å². The molecule has 1 aliphatic carbocycles. The van der Waals surface area contributed by atoms with E-state index in [4.69, 9.17) is 14.2 Å². The number of Topliss-reactive ketones (excluding diaryl/α,β-unsaturated/α-hetero) is 2. The molecule has 1 aromatic carbocycles. The van der Waals surface area contributed by atoms with Crippen LogP contribution in [0.2, 0.25) is 0 Å². The van der Waals surface area contributed by atoms with Crippen LogP contribution in [0.3, 0.4) is 0 Å². The lowest BCUT2D eigenvalue weighted by atomic mass is 9.82. The number of unbranched alkanes of at least 4 members (excludes halogenated alkanes) is 2. The fraction of sp³-hybridized carbons (Fsp3) is 0.714. The summed E-state index contributed by atoms with van der Waals surface area (Å²) in [6, 6.07) is 5.74. The first-order valence-electron chi connectivity index (χ1n) is 16.0. The lowest BCUT2D eigenvalue weighted by Gasteiger charge is -2.23. The van der Waals surface area contributed by atoms with E-state index in [9.17, 15) is 9.59 Å². The van der Waals surface area contributed by atoms with Crippen molar-refractivity contribution in [3.8, 4) is 5.75 Å². The number of hydrogen-bond donors (Lipinski definition) is 0. The zero-order valence-corrected chi connectivity index (χ0v) is 26.6. The van der Waals surface area contributed by atoms with E-state index in [0.717, 1.165) is 81.3 Å². The molecule has 5 nitrogen and oxygen atoms in total. The summed E-state index contributed by atoms with van der Waals surface area (Å²) in [5.41, 5.74) is 5.03. The summed E-state index contributed by atoms with van der Waals surface area (Å²) in [6.07, 6.45) is 13.2. The quantitative estimate of drug-likeness (QED) is 0.0855. The monoisotopic (exact) mass is 558 g/mol. The van der Waals surface area contributed by atoms with Gasteiger partial charge < -0.3 is 14.2 Å². The van der Waals surface area contributed by atoms with Crippen molar-refractivity contribution in [3.05, 3.63) is 40.5 Å². The Hall–Kier alpha value is -1.98. The van der Waals surface area contributed by atoms with Crippen molar-refractivity contribution in [1.82, 2.24) is 0 Å². The van der Waals surface area contributed by atoms with Crippen LogP contribution in [-0.4, -0.2) is 44.6 Å². The molecular formula is C35H58O5. The van der Waals surface area contributed by atoms with E-state index in [1.54, 1.807) is 11.1 Å². The minimum atomic E-state index is 0.213. The Kier molecular flexibility index (Phi) is 20.4. The molecule has 5 heteroatoms. The van der Waals surface area contributed by atoms with Crippen molar-refractivity contribution < 1.29 is 23.8 Å². The van der Waals surface area contributed by atoms with Gasteiger partial charge in [-0.2, -0.15) is 0 Å². The van der Waals surface area contributed by atoms with Crippen molar-refractivity contribution in [1.29, 1.82) is 0 Å². The molecular weight excluding hydrogens is 500 g/mol. The van der Waals surface area contributed by atoms with Crippen LogP contribution in [0, 0.1) is 5.92 Å². The number of carbonyl (C=O) groups is 2. The molecule has 1 aromatic rings. The minimum Gasteiger partial charge on any atom is -0.491 e. The fourth-order valence-electron chi connectivity index (χ4n) is 4.67. The fourth-order valence-corrected chi connectivity index (χ4v) is 4.67. The average Bonchev–Trinajstić information content (AvgIpc) is 2.93. The Labute approximate surface area is 245 Å². The molecule has 0 radical (unpaired) electrons. The van der Waals surface area contributed by atoms with Gasteiger partial charge in [0.1, 0.15) is 18.1 Å². The van der Waals surface area contributed by atoms with E-state index in [1.165, 1.54) is 19.3 Å². The topological polar surface area (TPSA) is 61.8 Å². The standard InChI is InChI=1S/C21H34O4.C14H24O/c1-4-7-11-20(22)19-10-9-12-21(18(19)6-3)25-17-16-24-15-14-23-13-8-5-2;1-4-6-14(15)10-9-11(2)12(3)13-7-5-8-13/h9-10,12H,4-8,11,13-17H2,1-3H3;11H,4-10H2,1-3H3. The molecule has 0 spiro atoms. The van der Waals surface area contributed by atoms with Gasteiger partial charge in [0.15, 0.2) is 5.78 Å². The highest BCUT2D eigenvalue weighted by Crippen LogP contribution is 2.33. The number of rotatable bonds is 21. The molecule has 0 aromatic heterocycles. The molecule has 228 valence electrons. The van der Waals surface area contributed by atoms with E-state index in [1.807, 2.05) is 18.2 Å². The predicted molar refractivity (Wildman–Crippen MR) is 167 cm³/mol. The maximum absolute atomic E-state index is 12.4. The zero-order chi connectivity index (χ0) is 29.6. The number of allylic oxidation sites excluding steroid dienone is 2. The molecule has 1 atom stereocenters. The van der Waals surface area contributed by atoms with Crippen LogP contribution in [-0.2, 0) is 20.7 Å². The molecule has 0 saturated heterocycles. The Morgan fingerprint density at radius 1 is 0.825 bits per heavy atom. The second-order valence-corrected chi connectivity index (χ2v) is 11.0. The molecule has 1 aliphatic rings. The third kappa shape index (κ3) is 14.6. The first kappa shape index (κ1) is 36.0. The molecule has 1 saturated carbocycles. The predicted octanol–water partition coefficient (Wildman–Crippen LogP) is 9.11. The van der Waals surface area contributed by atoms with E-state index in [0.29, 0.717) is 44.5 Å². The summed E-state index contributed by atoms with van der Waals surface area (Å²) in [7, 11) is 0. The van der Waals surface area contributed by atoms with Crippen molar-refractivity contribution in [2.24, 2.45) is 5.92 Å². The second kappa shape index (κ2) is 22.7. The maximum Gasteiger partial charge on any atom is 0.163 e. The van der Waals surface area contributed by atoms with Crippen LogP contribution in [0.25, 0.3) is 0 Å². The summed E-state index contributed by atoms with van der Waals surface area (Å²) in [5, 5.41) is 0. The van der Waals surface area contributed by atoms with Crippen LogP contribution >= 0.6 is 0 Å². The number of hydrogen-bond acceptors (Lipinski definition) is 5. The first-order chi connectivity index (χ1) is 19.4. The van der Waals surface area contributed by atoms with Crippen LogP contribution in [0.1, 0.15) is 135 Å². The number of benzene rings is 1. The van der Waals surface area contributed by atoms with Crippen molar-refractivity contribution in [3.63, 3.8) is 0 Å². The van der Waals surface area contributed by atoms with E-state index in [-0.39, 0.29) is 5.78 Å². The molecule has 1 unspecified atom stereocenters. The second-order valence-electron chi connectivity index (χ2n) is 11.0. The smallest absolute Gasteiger partial charge is 0.163 e. The highest BCUT2D eigenvalue weighted by atomic mass is 16.5. The summed E-state index contributed by atoms with van der Waals surface area (Å²) < 4.78 is 16.8. The summed E-state index contributed by atoms with van der Waals surface area (Å²) in [4.78, 5) is 23.8. The number of ketones is 2. The summed E-state index contributed by atoms with van der Waals surface area (Å²) in [5.74, 6) is 2.06. The van der Waals surface area contributed by atoms with Crippen LogP contribution in [0.15, 0.2) is 29.3 Å². The lowest BCUT2D eigenvalue weighted by Crippen LogP contribution is -2.12. The summed E-state index contributed by atoms with van der Waals surface area (Å²) >= 11 is 0. The average molecular weight is 559 g/mol. The molecule has 0 N–H and O–H groups in total. The third-order valence-electron chi connectivity index (χ3n) is 7.68. The van der Waals surface area contributed by atoms with E-state index in [2.05, 4.69) is 41.5 Å². The Morgan fingerprint density at radius 2 is 1.50 bits per heavy atom. The molecule has 0 heterocycles. The molecule has 2 rings (SSSR count). The first-order valence-corrected chi connectivity index (χ1v) is 16.0. The van der Waals surface area contributed by atoms with Gasteiger partial charge in [-0.05, 0) is 70.3 Å². The van der Waals surface area contributed by atoms with Gasteiger partial charge >= 0.3 is 0 Å². The molecule has 1 fully saturated rings. The number of carbonyl (C=O) groups excluding carboxylic acids is 2. The van der Waals surface area contributed by atoms with Gasteiger partial charge in [-0.25, -0.2) is 0 Å². The highest BCUT2D eigenvalue weighted by molar-refractivity contribution is 5.98. The van der Waals surface area contributed by atoms with Crippen LogP contribution in [0.5, 0.6) is 5.75 Å². The molecule has 0 bridgehead atoms. The van der Waals surface area contributed by atoms with Crippen LogP contribution in [0.4, 0.5) is 0 Å². The van der Waals surface area contributed by atoms with Gasteiger partial charge in [-0.3, -0.25) is 9.59 Å². The van der Waals surface area contributed by atoms with Gasteiger partial charge in [0.25, 0.3) is 0 Å². The molecule has 0 aliphatic heterocycles. The zero-order valence-electron chi connectivity index (χ0n) is 26.6.